The zero-order valence-electron chi connectivity index (χ0n) is 17.3. The van der Waals surface area contributed by atoms with Crippen LogP contribution in [0.25, 0.3) is 0 Å². The highest BCUT2D eigenvalue weighted by Gasteiger charge is 2.19. The van der Waals surface area contributed by atoms with E-state index < -0.39 is 0 Å². The number of ether oxygens (including phenoxy) is 2. The molecule has 0 unspecified atom stereocenters. The van der Waals surface area contributed by atoms with Gasteiger partial charge in [0.2, 0.25) is 0 Å². The molecular formula is C23H25BrN2O3S. The van der Waals surface area contributed by atoms with Gasteiger partial charge in [-0.15, -0.1) is 11.3 Å². The Bertz CT molecular complexity index is 973. The van der Waals surface area contributed by atoms with Gasteiger partial charge in [0, 0.05) is 22.0 Å². The average molecular weight is 489 g/mol. The van der Waals surface area contributed by atoms with E-state index in [2.05, 4.69) is 34.8 Å². The van der Waals surface area contributed by atoms with E-state index in [1.807, 2.05) is 58.8 Å². The minimum atomic E-state index is 0.00836. The van der Waals surface area contributed by atoms with Gasteiger partial charge in [-0.2, -0.15) is 0 Å². The average Bonchev–Trinajstić information content (AvgIpc) is 3.18. The number of carbonyl (C=O) groups excluding carboxylic acids is 1. The Morgan fingerprint density at radius 1 is 1.17 bits per heavy atom. The molecular weight excluding hydrogens is 464 g/mol. The summed E-state index contributed by atoms with van der Waals surface area (Å²) in [6.07, 6.45) is 0. The van der Waals surface area contributed by atoms with Crippen LogP contribution < -0.4 is 9.47 Å². The van der Waals surface area contributed by atoms with Crippen molar-refractivity contribution in [2.24, 2.45) is 5.92 Å². The van der Waals surface area contributed by atoms with E-state index in [0.717, 1.165) is 26.7 Å². The largest absolute Gasteiger partial charge is 0.497 e. The quantitative estimate of drug-likeness (QED) is 0.382. The van der Waals surface area contributed by atoms with Crippen LogP contribution in [0.15, 0.2) is 58.4 Å². The summed E-state index contributed by atoms with van der Waals surface area (Å²) >= 11 is 4.98. The molecule has 1 aromatic heterocycles. The van der Waals surface area contributed by atoms with E-state index in [9.17, 15) is 4.79 Å². The third-order valence-corrected chi connectivity index (χ3v) is 5.68. The minimum Gasteiger partial charge on any atom is -0.497 e. The van der Waals surface area contributed by atoms with Crippen molar-refractivity contribution in [3.05, 3.63) is 74.6 Å². The van der Waals surface area contributed by atoms with Crippen molar-refractivity contribution in [1.82, 2.24) is 9.88 Å². The van der Waals surface area contributed by atoms with Gasteiger partial charge in [-0.25, -0.2) is 4.98 Å². The highest BCUT2D eigenvalue weighted by atomic mass is 79.9. The van der Waals surface area contributed by atoms with Crippen LogP contribution in [0.3, 0.4) is 0 Å². The Morgan fingerprint density at radius 2 is 1.90 bits per heavy atom. The molecule has 0 saturated carbocycles. The van der Waals surface area contributed by atoms with Crippen LogP contribution in [-0.4, -0.2) is 29.4 Å². The number of hydrogen-bond acceptors (Lipinski definition) is 5. The third kappa shape index (κ3) is 6.31. The van der Waals surface area contributed by atoms with Gasteiger partial charge >= 0.3 is 0 Å². The number of halogens is 1. The number of thiazole rings is 1. The lowest BCUT2D eigenvalue weighted by Crippen LogP contribution is -2.33. The first-order valence-electron chi connectivity index (χ1n) is 9.69. The predicted molar refractivity (Wildman–Crippen MR) is 123 cm³/mol. The number of amides is 1. The smallest absolute Gasteiger partial charge is 0.254 e. The lowest BCUT2D eigenvalue weighted by atomic mass is 10.1. The predicted octanol–water partition coefficient (Wildman–Crippen LogP) is 5.79. The number of rotatable bonds is 9. The number of aromatic nitrogens is 1. The molecule has 0 spiro atoms. The summed E-state index contributed by atoms with van der Waals surface area (Å²) in [4.78, 5) is 19.6. The van der Waals surface area contributed by atoms with E-state index >= 15 is 0 Å². The van der Waals surface area contributed by atoms with Crippen LogP contribution in [0.1, 0.15) is 34.9 Å². The van der Waals surface area contributed by atoms with Crippen molar-refractivity contribution in [3.63, 3.8) is 0 Å². The SMILES string of the molecule is COc1ccc(OCc2nc(CN(CC(C)C)C(=O)c3cccc(Br)c3)cs2)cc1. The van der Waals surface area contributed by atoms with Crippen LogP contribution in [0.2, 0.25) is 0 Å². The van der Waals surface area contributed by atoms with Gasteiger partial charge in [0.25, 0.3) is 5.91 Å². The second-order valence-electron chi connectivity index (χ2n) is 7.29. The summed E-state index contributed by atoms with van der Waals surface area (Å²) in [5.41, 5.74) is 1.54. The molecule has 158 valence electrons. The maximum absolute atomic E-state index is 13.1. The number of methoxy groups -OCH3 is 1. The Labute approximate surface area is 189 Å². The van der Waals surface area contributed by atoms with Gasteiger partial charge in [0.1, 0.15) is 23.1 Å². The molecule has 1 heterocycles. The molecule has 0 aliphatic rings. The summed E-state index contributed by atoms with van der Waals surface area (Å²) in [6.45, 7) is 5.75. The summed E-state index contributed by atoms with van der Waals surface area (Å²) in [7, 11) is 1.64. The monoisotopic (exact) mass is 488 g/mol. The summed E-state index contributed by atoms with van der Waals surface area (Å²) in [5, 5.41) is 2.87. The Kier molecular flexibility index (Phi) is 7.87. The summed E-state index contributed by atoms with van der Waals surface area (Å²) < 4.78 is 11.9. The first-order chi connectivity index (χ1) is 14.4. The van der Waals surface area contributed by atoms with Crippen LogP contribution in [0.4, 0.5) is 0 Å². The molecule has 7 heteroatoms. The molecule has 0 fully saturated rings. The molecule has 2 aromatic carbocycles. The van der Waals surface area contributed by atoms with Crippen LogP contribution in [0, 0.1) is 5.92 Å². The number of benzene rings is 2. The third-order valence-electron chi connectivity index (χ3n) is 4.32. The Hall–Kier alpha value is -2.38. The zero-order chi connectivity index (χ0) is 21.5. The summed E-state index contributed by atoms with van der Waals surface area (Å²) in [5.74, 6) is 1.92. The number of nitrogens with zero attached hydrogens (tertiary/aromatic N) is 2. The van der Waals surface area contributed by atoms with Crippen molar-refractivity contribution < 1.29 is 14.3 Å². The van der Waals surface area contributed by atoms with Crippen molar-refractivity contribution in [2.45, 2.75) is 27.0 Å². The molecule has 0 saturated heterocycles. The normalized spacial score (nSPS) is 10.8. The summed E-state index contributed by atoms with van der Waals surface area (Å²) in [6, 6.07) is 14.9. The molecule has 0 aliphatic carbocycles. The van der Waals surface area contributed by atoms with Crippen molar-refractivity contribution >= 4 is 33.2 Å². The molecule has 5 nitrogen and oxygen atoms in total. The molecule has 3 aromatic rings. The molecule has 30 heavy (non-hydrogen) atoms. The number of hydrogen-bond donors (Lipinski definition) is 0. The highest BCUT2D eigenvalue weighted by molar-refractivity contribution is 9.10. The maximum Gasteiger partial charge on any atom is 0.254 e. The van der Waals surface area contributed by atoms with Crippen molar-refractivity contribution in [3.8, 4) is 11.5 Å². The van der Waals surface area contributed by atoms with Crippen LogP contribution in [-0.2, 0) is 13.2 Å². The van der Waals surface area contributed by atoms with Crippen LogP contribution >= 0.6 is 27.3 Å². The van der Waals surface area contributed by atoms with Gasteiger partial charge in [0.15, 0.2) is 0 Å². The van der Waals surface area contributed by atoms with E-state index in [0.29, 0.717) is 31.2 Å². The van der Waals surface area contributed by atoms with E-state index in [1.54, 1.807) is 18.4 Å². The molecule has 0 bridgehead atoms. The lowest BCUT2D eigenvalue weighted by molar-refractivity contribution is 0.0720. The highest BCUT2D eigenvalue weighted by Crippen LogP contribution is 2.21. The fraction of sp³-hybridized carbons (Fsp3) is 0.304. The van der Waals surface area contributed by atoms with Gasteiger partial charge in [-0.05, 0) is 48.4 Å². The fourth-order valence-electron chi connectivity index (χ4n) is 2.96. The second kappa shape index (κ2) is 10.6. The Balaban J connectivity index is 1.65. The zero-order valence-corrected chi connectivity index (χ0v) is 19.7. The van der Waals surface area contributed by atoms with Crippen molar-refractivity contribution in [1.29, 1.82) is 0 Å². The molecule has 0 aliphatic heterocycles. The van der Waals surface area contributed by atoms with E-state index in [1.165, 1.54) is 0 Å². The molecule has 0 atom stereocenters. The lowest BCUT2D eigenvalue weighted by Gasteiger charge is -2.24. The first kappa shape index (κ1) is 22.3. The minimum absolute atomic E-state index is 0.00836. The topological polar surface area (TPSA) is 51.7 Å². The standard InChI is InChI=1S/C23H25BrN2O3S/c1-16(2)12-26(23(27)17-5-4-6-18(24)11-17)13-19-15-30-22(25-19)14-29-21-9-7-20(28-3)8-10-21/h4-11,15-16H,12-14H2,1-3H3. The fourth-order valence-corrected chi connectivity index (χ4v) is 4.06. The molecule has 0 N–H and O–H groups in total. The second-order valence-corrected chi connectivity index (χ2v) is 9.14. The molecule has 3 rings (SSSR count). The van der Waals surface area contributed by atoms with Gasteiger partial charge < -0.3 is 14.4 Å². The maximum atomic E-state index is 13.1. The van der Waals surface area contributed by atoms with Gasteiger partial charge in [-0.3, -0.25) is 4.79 Å². The van der Waals surface area contributed by atoms with Gasteiger partial charge in [-0.1, -0.05) is 35.8 Å². The van der Waals surface area contributed by atoms with Gasteiger partial charge in [0.05, 0.1) is 19.3 Å². The number of carbonyl (C=O) groups is 1. The van der Waals surface area contributed by atoms with Crippen molar-refractivity contribution in [2.75, 3.05) is 13.7 Å². The van der Waals surface area contributed by atoms with Crippen LogP contribution in [0.5, 0.6) is 11.5 Å². The first-order valence-corrected chi connectivity index (χ1v) is 11.4. The van der Waals surface area contributed by atoms with E-state index in [4.69, 9.17) is 9.47 Å². The van der Waals surface area contributed by atoms with E-state index in [-0.39, 0.29) is 5.91 Å². The Morgan fingerprint density at radius 3 is 2.57 bits per heavy atom. The molecule has 0 radical (unpaired) electrons. The molecule has 1 amide bonds.